The number of rotatable bonds is 4. The maximum Gasteiger partial charge on any atom is 0.0677 e. The summed E-state index contributed by atoms with van der Waals surface area (Å²) in [4.78, 5) is 0. The molecule has 2 nitrogen and oxygen atoms in total. The van der Waals surface area contributed by atoms with Crippen LogP contribution in [0.15, 0.2) is 0 Å². The molecule has 0 saturated heterocycles. The Hall–Kier alpha value is -0.0800. The fourth-order valence-corrected chi connectivity index (χ4v) is 3.88. The van der Waals surface area contributed by atoms with E-state index in [2.05, 4.69) is 19.2 Å². The van der Waals surface area contributed by atoms with Gasteiger partial charge in [-0.1, -0.05) is 26.7 Å². The maximum atomic E-state index is 10.9. The van der Waals surface area contributed by atoms with E-state index in [0.29, 0.717) is 12.0 Å². The summed E-state index contributed by atoms with van der Waals surface area (Å²) in [6.45, 7) is 5.70. The van der Waals surface area contributed by atoms with Crippen molar-refractivity contribution in [2.45, 2.75) is 83.3 Å². The molecule has 0 aromatic carbocycles. The highest BCUT2D eigenvalue weighted by Crippen LogP contribution is 2.42. The minimum atomic E-state index is -0.329. The second-order valence-electron chi connectivity index (χ2n) is 6.79. The van der Waals surface area contributed by atoms with Crippen LogP contribution in [-0.2, 0) is 0 Å². The number of hydrogen-bond acceptors (Lipinski definition) is 2. The SMILES string of the molecule is CCCNC1CCC(O)(C2CCC(C)CC2)CC1. The van der Waals surface area contributed by atoms with Crippen molar-refractivity contribution in [3.05, 3.63) is 0 Å². The van der Waals surface area contributed by atoms with Gasteiger partial charge in [-0.25, -0.2) is 0 Å². The van der Waals surface area contributed by atoms with Crippen molar-refractivity contribution in [3.63, 3.8) is 0 Å². The summed E-state index contributed by atoms with van der Waals surface area (Å²) >= 11 is 0. The number of nitrogens with one attached hydrogen (secondary N) is 1. The van der Waals surface area contributed by atoms with Crippen LogP contribution in [0.2, 0.25) is 0 Å². The summed E-state index contributed by atoms with van der Waals surface area (Å²) in [6, 6.07) is 0.660. The van der Waals surface area contributed by atoms with Crippen molar-refractivity contribution < 1.29 is 5.11 Å². The Labute approximate surface area is 113 Å². The topological polar surface area (TPSA) is 32.3 Å². The first-order valence-electron chi connectivity index (χ1n) is 8.10. The molecular weight excluding hydrogens is 222 g/mol. The molecule has 2 saturated carbocycles. The zero-order valence-corrected chi connectivity index (χ0v) is 12.3. The van der Waals surface area contributed by atoms with Crippen LogP contribution in [0.25, 0.3) is 0 Å². The molecule has 0 spiro atoms. The minimum Gasteiger partial charge on any atom is -0.390 e. The third kappa shape index (κ3) is 3.48. The van der Waals surface area contributed by atoms with Gasteiger partial charge in [-0.05, 0) is 63.3 Å². The molecule has 0 bridgehead atoms. The van der Waals surface area contributed by atoms with E-state index in [1.807, 2.05) is 0 Å². The normalized spacial score (nSPS) is 41.8. The van der Waals surface area contributed by atoms with E-state index < -0.39 is 0 Å². The van der Waals surface area contributed by atoms with Gasteiger partial charge >= 0.3 is 0 Å². The first-order chi connectivity index (χ1) is 8.64. The van der Waals surface area contributed by atoms with Crippen molar-refractivity contribution in [1.82, 2.24) is 5.32 Å². The van der Waals surface area contributed by atoms with E-state index in [0.717, 1.165) is 25.3 Å². The van der Waals surface area contributed by atoms with Crippen LogP contribution in [0.1, 0.15) is 71.6 Å². The smallest absolute Gasteiger partial charge is 0.0677 e. The van der Waals surface area contributed by atoms with Crippen LogP contribution in [0, 0.1) is 11.8 Å². The summed E-state index contributed by atoms with van der Waals surface area (Å²) in [5, 5.41) is 14.5. The van der Waals surface area contributed by atoms with Crippen molar-refractivity contribution in [1.29, 1.82) is 0 Å². The Morgan fingerprint density at radius 1 is 1.06 bits per heavy atom. The van der Waals surface area contributed by atoms with Gasteiger partial charge in [0.05, 0.1) is 5.60 Å². The molecule has 18 heavy (non-hydrogen) atoms. The molecule has 0 radical (unpaired) electrons. The summed E-state index contributed by atoms with van der Waals surface area (Å²) in [5.74, 6) is 1.47. The molecule has 2 fully saturated rings. The lowest BCUT2D eigenvalue weighted by molar-refractivity contribution is -0.0695. The second kappa shape index (κ2) is 6.38. The largest absolute Gasteiger partial charge is 0.390 e. The van der Waals surface area contributed by atoms with Gasteiger partial charge in [0.2, 0.25) is 0 Å². The Morgan fingerprint density at radius 3 is 2.22 bits per heavy atom. The van der Waals surface area contributed by atoms with E-state index in [9.17, 15) is 5.11 Å². The minimum absolute atomic E-state index is 0.329. The maximum absolute atomic E-state index is 10.9. The molecule has 0 atom stereocenters. The van der Waals surface area contributed by atoms with Gasteiger partial charge in [-0.2, -0.15) is 0 Å². The lowest BCUT2D eigenvalue weighted by atomic mass is 9.67. The van der Waals surface area contributed by atoms with Crippen molar-refractivity contribution in [2.24, 2.45) is 11.8 Å². The average molecular weight is 253 g/mol. The molecule has 0 aromatic heterocycles. The van der Waals surface area contributed by atoms with Gasteiger partial charge in [0.1, 0.15) is 0 Å². The summed E-state index contributed by atoms with van der Waals surface area (Å²) in [7, 11) is 0. The van der Waals surface area contributed by atoms with E-state index in [-0.39, 0.29) is 5.60 Å². The van der Waals surface area contributed by atoms with Crippen molar-refractivity contribution in [2.75, 3.05) is 6.54 Å². The van der Waals surface area contributed by atoms with E-state index in [4.69, 9.17) is 0 Å². The van der Waals surface area contributed by atoms with Gasteiger partial charge in [0.25, 0.3) is 0 Å². The van der Waals surface area contributed by atoms with Crippen LogP contribution in [-0.4, -0.2) is 23.3 Å². The van der Waals surface area contributed by atoms with Gasteiger partial charge in [0, 0.05) is 6.04 Å². The fraction of sp³-hybridized carbons (Fsp3) is 1.00. The molecule has 2 heteroatoms. The highest BCUT2D eigenvalue weighted by molar-refractivity contribution is 4.94. The van der Waals surface area contributed by atoms with Crippen molar-refractivity contribution >= 4 is 0 Å². The Morgan fingerprint density at radius 2 is 1.67 bits per heavy atom. The average Bonchev–Trinajstić information content (AvgIpc) is 2.39. The fourth-order valence-electron chi connectivity index (χ4n) is 3.88. The molecule has 2 rings (SSSR count). The van der Waals surface area contributed by atoms with E-state index >= 15 is 0 Å². The zero-order valence-electron chi connectivity index (χ0n) is 12.3. The summed E-state index contributed by atoms with van der Waals surface area (Å²) in [5.41, 5.74) is -0.329. The summed E-state index contributed by atoms with van der Waals surface area (Å²) < 4.78 is 0. The Kier molecular flexibility index (Phi) is 5.08. The van der Waals surface area contributed by atoms with E-state index in [1.54, 1.807) is 0 Å². The van der Waals surface area contributed by atoms with Crippen LogP contribution in [0.5, 0.6) is 0 Å². The predicted octanol–water partition coefficient (Wildman–Crippen LogP) is 3.49. The molecule has 0 amide bonds. The van der Waals surface area contributed by atoms with Gasteiger partial charge in [-0.3, -0.25) is 0 Å². The Balaban J connectivity index is 1.79. The molecular formula is C16H31NO. The van der Waals surface area contributed by atoms with Gasteiger partial charge < -0.3 is 10.4 Å². The van der Waals surface area contributed by atoms with E-state index in [1.165, 1.54) is 44.9 Å². The molecule has 0 aliphatic heterocycles. The van der Waals surface area contributed by atoms with Crippen LogP contribution < -0.4 is 5.32 Å². The van der Waals surface area contributed by atoms with Crippen molar-refractivity contribution in [3.8, 4) is 0 Å². The second-order valence-corrected chi connectivity index (χ2v) is 6.79. The molecule has 2 aliphatic carbocycles. The third-order valence-electron chi connectivity index (χ3n) is 5.31. The number of hydrogen-bond donors (Lipinski definition) is 2. The number of aliphatic hydroxyl groups is 1. The zero-order chi connectivity index (χ0) is 13.0. The predicted molar refractivity (Wildman–Crippen MR) is 76.6 cm³/mol. The Bertz CT molecular complexity index is 237. The van der Waals surface area contributed by atoms with Gasteiger partial charge in [0.15, 0.2) is 0 Å². The summed E-state index contributed by atoms with van der Waals surface area (Å²) in [6.07, 6.45) is 10.7. The molecule has 106 valence electrons. The van der Waals surface area contributed by atoms with Crippen LogP contribution in [0.4, 0.5) is 0 Å². The first kappa shape index (κ1) is 14.3. The van der Waals surface area contributed by atoms with Crippen LogP contribution in [0.3, 0.4) is 0 Å². The molecule has 0 aromatic rings. The standard InChI is InChI=1S/C16H31NO/c1-3-12-17-15-8-10-16(18,11-9-15)14-6-4-13(2)5-7-14/h13-15,17-18H,3-12H2,1-2H3. The quantitative estimate of drug-likeness (QED) is 0.804. The lowest BCUT2D eigenvalue weighted by Crippen LogP contribution is -2.46. The monoisotopic (exact) mass is 253 g/mol. The highest BCUT2D eigenvalue weighted by Gasteiger charge is 2.40. The highest BCUT2D eigenvalue weighted by atomic mass is 16.3. The third-order valence-corrected chi connectivity index (χ3v) is 5.31. The molecule has 2 aliphatic rings. The molecule has 0 unspecified atom stereocenters. The van der Waals surface area contributed by atoms with Crippen LogP contribution >= 0.6 is 0 Å². The van der Waals surface area contributed by atoms with Gasteiger partial charge in [-0.15, -0.1) is 0 Å². The lowest BCUT2D eigenvalue weighted by Gasteiger charge is -2.44. The molecule has 0 heterocycles. The first-order valence-corrected chi connectivity index (χ1v) is 8.10. The molecule has 2 N–H and O–H groups in total.